The van der Waals surface area contributed by atoms with Crippen LogP contribution in [-0.4, -0.2) is 139 Å². The summed E-state index contributed by atoms with van der Waals surface area (Å²) < 4.78 is 44.0. The summed E-state index contributed by atoms with van der Waals surface area (Å²) in [7, 11) is 0. The van der Waals surface area contributed by atoms with Gasteiger partial charge in [-0.05, 0) is 135 Å². The van der Waals surface area contributed by atoms with Gasteiger partial charge in [-0.1, -0.05) is 0 Å². The van der Waals surface area contributed by atoms with Crippen LogP contribution in [0.15, 0.2) is 12.7 Å². The van der Waals surface area contributed by atoms with Gasteiger partial charge in [0.15, 0.2) is 29.0 Å². The first kappa shape index (κ1) is 48.7. The van der Waals surface area contributed by atoms with E-state index in [9.17, 15) is 19.2 Å². The highest BCUT2D eigenvalue weighted by molar-refractivity contribution is 5.93. The number of rotatable bonds is 12. The van der Waals surface area contributed by atoms with Crippen molar-refractivity contribution in [3.63, 3.8) is 0 Å². The van der Waals surface area contributed by atoms with Gasteiger partial charge in [-0.15, -0.1) is 0 Å². The van der Waals surface area contributed by atoms with Crippen molar-refractivity contribution in [1.82, 2.24) is 34.6 Å². The van der Waals surface area contributed by atoms with Gasteiger partial charge >= 0.3 is 24.2 Å². The largest absolute Gasteiger partial charge is 0.458 e. The van der Waals surface area contributed by atoms with Crippen LogP contribution in [0.1, 0.15) is 129 Å². The van der Waals surface area contributed by atoms with Crippen LogP contribution in [0.25, 0.3) is 11.2 Å². The number of imidazole rings is 1. The Balaban J connectivity index is 1.40. The molecule has 62 heavy (non-hydrogen) atoms. The maximum atomic E-state index is 13.6. The van der Waals surface area contributed by atoms with Gasteiger partial charge in [0.25, 0.3) is 0 Å². The molecule has 3 amide bonds. The monoisotopic (exact) mass is 875 g/mol. The van der Waals surface area contributed by atoms with Crippen molar-refractivity contribution in [2.75, 3.05) is 38.0 Å². The predicted molar refractivity (Wildman–Crippen MR) is 228 cm³/mol. The van der Waals surface area contributed by atoms with Crippen LogP contribution in [0.4, 0.5) is 20.2 Å². The van der Waals surface area contributed by atoms with E-state index in [1.54, 1.807) is 78.1 Å². The number of aromatic nitrogens is 4. The number of nitrogens with zero attached hydrogens (tertiary/aromatic N) is 6. The summed E-state index contributed by atoms with van der Waals surface area (Å²) in [5.74, 6) is -1.15. The number of likely N-dealkylation sites (tertiary alicyclic amines) is 1. The molecule has 0 spiro atoms. The fraction of sp³-hybridized carbons (Fsp3) is 0.791. The minimum atomic E-state index is -1.01. The molecule has 5 rings (SSSR count). The van der Waals surface area contributed by atoms with Gasteiger partial charge in [0.05, 0.1) is 6.33 Å². The van der Waals surface area contributed by atoms with Crippen molar-refractivity contribution >= 4 is 41.2 Å². The molecule has 3 fully saturated rings. The maximum absolute atomic E-state index is 13.6. The van der Waals surface area contributed by atoms with E-state index in [0.717, 1.165) is 19.3 Å². The average Bonchev–Trinajstić information content (AvgIpc) is 3.77. The Bertz CT molecular complexity index is 1890. The summed E-state index contributed by atoms with van der Waals surface area (Å²) in [5, 5.41) is 5.43. The molecule has 5 heterocycles. The summed E-state index contributed by atoms with van der Waals surface area (Å²) in [4.78, 5) is 69.7. The minimum absolute atomic E-state index is 0.177. The number of carbonyl (C=O) groups is 4. The standard InChI is InChI=1S/C43H70N8O11/c1-39(2,3)59-35(52)27(47-36(53)60-40(4,5)6)18-21-49(20-17-26-16-15-19-50(22-26)38(55)62-42(10,11)12)23-28-30-31(58-43(13,14)57-30)34(56-28)51-25-46-29-32(44-24-45-33(29)51)48-37(54)61-41(7,8)9/h24-28,30-31,34H,15-23H2,1-14H3,(H,47,53)(H,44,45,48,54)/t26?,27?,28-,30-,31-,34-/m1/s1. The molecule has 0 bridgehead atoms. The zero-order valence-electron chi connectivity index (χ0n) is 39.2. The molecule has 0 aromatic carbocycles. The Labute approximate surface area is 365 Å². The molecule has 3 aliphatic heterocycles. The fourth-order valence-electron chi connectivity index (χ4n) is 7.65. The second-order valence-corrected chi connectivity index (χ2v) is 20.8. The highest BCUT2D eigenvalue weighted by Gasteiger charge is 2.56. The van der Waals surface area contributed by atoms with E-state index in [1.807, 2.05) is 34.6 Å². The Morgan fingerprint density at radius 1 is 0.839 bits per heavy atom. The molecule has 6 atom stereocenters. The summed E-state index contributed by atoms with van der Waals surface area (Å²) in [5.41, 5.74) is -2.17. The summed E-state index contributed by atoms with van der Waals surface area (Å²) in [6.45, 7) is 27.6. The molecule has 19 nitrogen and oxygen atoms in total. The van der Waals surface area contributed by atoms with E-state index in [2.05, 4.69) is 30.5 Å². The van der Waals surface area contributed by atoms with Crippen molar-refractivity contribution in [1.29, 1.82) is 0 Å². The van der Waals surface area contributed by atoms with Gasteiger partial charge in [-0.3, -0.25) is 9.88 Å². The fourth-order valence-corrected chi connectivity index (χ4v) is 7.65. The summed E-state index contributed by atoms with van der Waals surface area (Å²) >= 11 is 0. The van der Waals surface area contributed by atoms with E-state index >= 15 is 0 Å². The number of ether oxygens (including phenoxy) is 7. The Hall–Kier alpha value is -4.33. The van der Waals surface area contributed by atoms with E-state index in [1.165, 1.54) is 6.33 Å². The lowest BCUT2D eigenvalue weighted by atomic mass is 9.94. The molecule has 0 aliphatic carbocycles. The van der Waals surface area contributed by atoms with Gasteiger partial charge in [0, 0.05) is 26.2 Å². The zero-order chi connectivity index (χ0) is 46.0. The zero-order valence-corrected chi connectivity index (χ0v) is 39.2. The molecule has 0 saturated carbocycles. The SMILES string of the molecule is CC(C)(C)OC(=O)Nc1ncnc2c1ncn2[C@@H]1O[C@H](CN(CCC2CCCN(C(=O)OC(C)(C)C)C2)CCC(NC(=O)OC(C)(C)C)C(=O)OC(C)(C)C)[C@H]2OC(C)(C)O[C@H]21. The Kier molecular flexibility index (Phi) is 14.8. The number of fused-ring (bicyclic) bond motifs is 2. The van der Waals surface area contributed by atoms with Gasteiger partial charge in [0.1, 0.15) is 53.1 Å². The van der Waals surface area contributed by atoms with Gasteiger partial charge < -0.3 is 48.3 Å². The summed E-state index contributed by atoms with van der Waals surface area (Å²) in [6, 6.07) is -1.01. The number of hydrogen-bond donors (Lipinski definition) is 2. The topological polar surface area (TPSA) is 207 Å². The second-order valence-electron chi connectivity index (χ2n) is 20.8. The van der Waals surface area contributed by atoms with Crippen LogP contribution >= 0.6 is 0 Å². The average molecular weight is 875 g/mol. The molecule has 3 saturated heterocycles. The Morgan fingerprint density at radius 3 is 2.11 bits per heavy atom. The first-order valence-corrected chi connectivity index (χ1v) is 21.7. The number of piperidine rings is 1. The number of anilines is 1. The quantitative estimate of drug-likeness (QED) is 0.171. The van der Waals surface area contributed by atoms with Gasteiger partial charge in [-0.2, -0.15) is 0 Å². The smallest absolute Gasteiger partial charge is 0.413 e. The number of carbonyl (C=O) groups excluding carboxylic acids is 4. The molecule has 2 unspecified atom stereocenters. The third-order valence-electron chi connectivity index (χ3n) is 9.96. The van der Waals surface area contributed by atoms with Crippen molar-refractivity contribution in [2.24, 2.45) is 5.92 Å². The first-order valence-electron chi connectivity index (χ1n) is 21.7. The lowest BCUT2D eigenvalue weighted by molar-refractivity contribution is -0.198. The van der Waals surface area contributed by atoms with E-state index in [0.29, 0.717) is 43.9 Å². The van der Waals surface area contributed by atoms with Crippen molar-refractivity contribution < 1.29 is 52.3 Å². The molecular weight excluding hydrogens is 805 g/mol. The van der Waals surface area contributed by atoms with Crippen LogP contribution < -0.4 is 10.6 Å². The van der Waals surface area contributed by atoms with Crippen LogP contribution in [0.2, 0.25) is 0 Å². The molecule has 2 aromatic rings. The maximum Gasteiger partial charge on any atom is 0.413 e. The van der Waals surface area contributed by atoms with Crippen LogP contribution in [0.5, 0.6) is 0 Å². The molecule has 2 N–H and O–H groups in total. The van der Waals surface area contributed by atoms with E-state index < -0.39 is 76.9 Å². The van der Waals surface area contributed by atoms with Crippen LogP contribution in [-0.2, 0) is 38.0 Å². The van der Waals surface area contributed by atoms with Crippen molar-refractivity contribution in [3.8, 4) is 0 Å². The van der Waals surface area contributed by atoms with E-state index in [-0.39, 0.29) is 24.2 Å². The lowest BCUT2D eigenvalue weighted by Gasteiger charge is -2.35. The molecule has 0 radical (unpaired) electrons. The molecule has 348 valence electrons. The molecule has 19 heteroatoms. The summed E-state index contributed by atoms with van der Waals surface area (Å²) in [6.07, 6.45) is 1.53. The highest BCUT2D eigenvalue weighted by atomic mass is 16.8. The minimum Gasteiger partial charge on any atom is -0.458 e. The number of esters is 1. The number of nitrogens with one attached hydrogen (secondary N) is 2. The number of hydrogen-bond acceptors (Lipinski definition) is 15. The van der Waals surface area contributed by atoms with Gasteiger partial charge in [-0.25, -0.2) is 34.1 Å². The second kappa shape index (κ2) is 18.8. The van der Waals surface area contributed by atoms with Gasteiger partial charge in [0.2, 0.25) is 0 Å². The third-order valence-corrected chi connectivity index (χ3v) is 9.96. The molecular formula is C43H70N8O11. The third kappa shape index (κ3) is 14.1. The van der Waals surface area contributed by atoms with E-state index in [4.69, 9.17) is 33.2 Å². The van der Waals surface area contributed by atoms with Crippen LogP contribution in [0.3, 0.4) is 0 Å². The van der Waals surface area contributed by atoms with Crippen LogP contribution in [0, 0.1) is 5.92 Å². The highest BCUT2D eigenvalue weighted by Crippen LogP contribution is 2.44. The van der Waals surface area contributed by atoms with Crippen molar-refractivity contribution in [3.05, 3.63) is 12.7 Å². The lowest BCUT2D eigenvalue weighted by Crippen LogP contribution is -2.48. The Morgan fingerprint density at radius 2 is 1.47 bits per heavy atom. The van der Waals surface area contributed by atoms with Crippen molar-refractivity contribution in [2.45, 2.75) is 181 Å². The predicted octanol–water partition coefficient (Wildman–Crippen LogP) is 6.56. The normalized spacial score (nSPS) is 23.5. The first-order chi connectivity index (χ1) is 28.5. The molecule has 3 aliphatic rings. The molecule has 2 aromatic heterocycles. The number of alkyl carbamates (subject to hydrolysis) is 1. The number of amides is 3.